The minimum absolute atomic E-state index is 0.0648. The Labute approximate surface area is 188 Å². The van der Waals surface area contributed by atoms with Gasteiger partial charge in [0.25, 0.3) is 5.56 Å². The molecule has 0 spiro atoms. The molecule has 0 aliphatic rings. The molecule has 1 aromatic carbocycles. The summed E-state index contributed by atoms with van der Waals surface area (Å²) in [4.78, 5) is 46.7. The van der Waals surface area contributed by atoms with Gasteiger partial charge in [0.15, 0.2) is 5.65 Å². The molecule has 0 aliphatic heterocycles. The highest BCUT2D eigenvalue weighted by molar-refractivity contribution is 8.00. The van der Waals surface area contributed by atoms with Gasteiger partial charge in [-0.3, -0.25) is 18.7 Å². The van der Waals surface area contributed by atoms with Crippen LogP contribution < -0.4 is 16.6 Å². The number of carbonyl (C=O) groups excluding carboxylic acids is 1. The van der Waals surface area contributed by atoms with Crippen molar-refractivity contribution in [3.05, 3.63) is 61.5 Å². The van der Waals surface area contributed by atoms with Gasteiger partial charge in [-0.15, -0.1) is 0 Å². The molecule has 164 valence electrons. The molecule has 0 saturated carbocycles. The van der Waals surface area contributed by atoms with Crippen molar-refractivity contribution in [3.63, 3.8) is 0 Å². The highest BCUT2D eigenvalue weighted by atomic mass is 35.5. The van der Waals surface area contributed by atoms with E-state index in [4.69, 9.17) is 11.6 Å². The minimum atomic E-state index is -0.484. The van der Waals surface area contributed by atoms with E-state index >= 15 is 0 Å². The van der Waals surface area contributed by atoms with E-state index in [2.05, 4.69) is 15.3 Å². The fraction of sp³-hybridized carbons (Fsp3) is 0.381. The van der Waals surface area contributed by atoms with Crippen molar-refractivity contribution in [2.24, 2.45) is 14.1 Å². The Hall–Kier alpha value is -2.65. The zero-order chi connectivity index (χ0) is 22.9. The van der Waals surface area contributed by atoms with Gasteiger partial charge in [0.1, 0.15) is 16.2 Å². The van der Waals surface area contributed by atoms with Gasteiger partial charge in [-0.05, 0) is 17.7 Å². The largest absolute Gasteiger partial charge is 0.351 e. The van der Waals surface area contributed by atoms with Crippen molar-refractivity contribution >= 4 is 40.3 Å². The van der Waals surface area contributed by atoms with Crippen molar-refractivity contribution in [3.8, 4) is 0 Å². The quantitative estimate of drug-likeness (QED) is 0.462. The van der Waals surface area contributed by atoms with E-state index in [0.29, 0.717) is 22.4 Å². The van der Waals surface area contributed by atoms with Gasteiger partial charge in [-0.2, -0.15) is 0 Å². The summed E-state index contributed by atoms with van der Waals surface area (Å²) in [7, 11) is 2.98. The van der Waals surface area contributed by atoms with Crippen LogP contribution in [0, 0.1) is 0 Å². The first-order valence-electron chi connectivity index (χ1n) is 9.61. The topological polar surface area (TPSA) is 98.9 Å². The lowest BCUT2D eigenvalue weighted by atomic mass is 9.96. The van der Waals surface area contributed by atoms with Gasteiger partial charge < -0.3 is 5.32 Å². The average Bonchev–Trinajstić information content (AvgIpc) is 2.73. The highest BCUT2D eigenvalue weighted by Gasteiger charge is 2.24. The zero-order valence-electron chi connectivity index (χ0n) is 18.0. The lowest BCUT2D eigenvalue weighted by molar-refractivity contribution is -0.118. The predicted octanol–water partition coefficient (Wildman–Crippen LogP) is 2.39. The molecule has 2 aromatic heterocycles. The first kappa shape index (κ1) is 23.0. The number of halogens is 1. The first-order chi connectivity index (χ1) is 14.5. The van der Waals surface area contributed by atoms with Crippen molar-refractivity contribution < 1.29 is 4.79 Å². The van der Waals surface area contributed by atoms with Gasteiger partial charge in [0.2, 0.25) is 5.91 Å². The molecule has 0 fully saturated rings. The van der Waals surface area contributed by atoms with Crippen LogP contribution in [0.4, 0.5) is 0 Å². The molecule has 0 radical (unpaired) electrons. The second-order valence-corrected chi connectivity index (χ2v) is 9.60. The van der Waals surface area contributed by atoms with Crippen LogP contribution in [0.1, 0.15) is 32.2 Å². The number of nitrogens with zero attached hydrogens (tertiary/aromatic N) is 4. The summed E-state index contributed by atoms with van der Waals surface area (Å²) < 4.78 is 2.35. The number of thioether (sulfide) groups is 1. The standard InChI is InChI=1S/C21H24ClN5O3S/c1-21(2,3)19-24-16-15(18(29)27(5)20(30)26(16)4)17(25-19)31-11-14(28)23-10-12-6-8-13(22)9-7-12/h6-9H,10-11H2,1-5H3,(H,23,28). The van der Waals surface area contributed by atoms with Crippen molar-refractivity contribution in [1.29, 1.82) is 0 Å². The lowest BCUT2D eigenvalue weighted by Crippen LogP contribution is -2.38. The molecule has 3 rings (SSSR count). The van der Waals surface area contributed by atoms with Crippen molar-refractivity contribution in [2.75, 3.05) is 5.75 Å². The average molecular weight is 462 g/mol. The van der Waals surface area contributed by atoms with Gasteiger partial charge in [0.05, 0.1) is 5.75 Å². The summed E-state index contributed by atoms with van der Waals surface area (Å²) in [6.07, 6.45) is 0. The second kappa shape index (κ2) is 8.84. The van der Waals surface area contributed by atoms with Gasteiger partial charge in [-0.1, -0.05) is 56.3 Å². The van der Waals surface area contributed by atoms with Crippen LogP contribution >= 0.6 is 23.4 Å². The zero-order valence-corrected chi connectivity index (χ0v) is 19.6. The van der Waals surface area contributed by atoms with Gasteiger partial charge in [-0.25, -0.2) is 14.8 Å². The Morgan fingerprint density at radius 2 is 1.74 bits per heavy atom. The maximum Gasteiger partial charge on any atom is 0.332 e. The fourth-order valence-corrected chi connectivity index (χ4v) is 3.83. The number of aromatic nitrogens is 4. The molecule has 31 heavy (non-hydrogen) atoms. The van der Waals surface area contributed by atoms with E-state index < -0.39 is 16.7 Å². The van der Waals surface area contributed by atoms with Crippen LogP contribution in [-0.4, -0.2) is 30.8 Å². The van der Waals surface area contributed by atoms with Crippen LogP contribution in [0.2, 0.25) is 5.02 Å². The van der Waals surface area contributed by atoms with E-state index in [0.717, 1.165) is 21.9 Å². The van der Waals surface area contributed by atoms with E-state index in [1.165, 1.54) is 11.6 Å². The number of aryl methyl sites for hydroxylation is 1. The third kappa shape index (κ3) is 4.99. The number of hydrogen-bond acceptors (Lipinski definition) is 6. The summed E-state index contributed by atoms with van der Waals surface area (Å²) in [5, 5.41) is 4.09. The van der Waals surface area contributed by atoms with Crippen LogP contribution in [0.5, 0.6) is 0 Å². The summed E-state index contributed by atoms with van der Waals surface area (Å²) >= 11 is 7.03. The normalized spacial score (nSPS) is 11.7. The maximum absolute atomic E-state index is 12.8. The second-order valence-electron chi connectivity index (χ2n) is 8.20. The van der Waals surface area contributed by atoms with Crippen molar-refractivity contribution in [1.82, 2.24) is 24.4 Å². The van der Waals surface area contributed by atoms with Crippen molar-refractivity contribution in [2.45, 2.75) is 37.8 Å². The number of amides is 1. The first-order valence-corrected chi connectivity index (χ1v) is 11.0. The molecular weight excluding hydrogens is 438 g/mol. The van der Waals surface area contributed by atoms with E-state index in [1.807, 2.05) is 32.9 Å². The molecule has 1 amide bonds. The number of benzene rings is 1. The highest BCUT2D eigenvalue weighted by Crippen LogP contribution is 2.26. The molecular formula is C21H24ClN5O3S. The molecule has 8 nitrogen and oxygen atoms in total. The van der Waals surface area contributed by atoms with E-state index in [9.17, 15) is 14.4 Å². The Kier molecular flexibility index (Phi) is 6.56. The van der Waals surface area contributed by atoms with Gasteiger partial charge >= 0.3 is 5.69 Å². The van der Waals surface area contributed by atoms with Crippen LogP contribution in [0.25, 0.3) is 11.0 Å². The van der Waals surface area contributed by atoms with Crippen LogP contribution in [0.3, 0.4) is 0 Å². The Bertz CT molecular complexity index is 1260. The SMILES string of the molecule is Cn1c(=O)c2c(SCC(=O)NCc3ccc(Cl)cc3)nc(C(C)(C)C)nc2n(C)c1=O. The number of nitrogens with one attached hydrogen (secondary N) is 1. The molecule has 0 atom stereocenters. The molecule has 2 heterocycles. The Morgan fingerprint density at radius 3 is 2.35 bits per heavy atom. The molecule has 0 saturated heterocycles. The third-order valence-corrected chi connectivity index (χ3v) is 5.91. The molecule has 0 aliphatic carbocycles. The number of hydrogen-bond donors (Lipinski definition) is 1. The summed E-state index contributed by atoms with van der Waals surface area (Å²) in [6, 6.07) is 7.21. The molecule has 0 bridgehead atoms. The smallest absolute Gasteiger partial charge is 0.332 e. The number of fused-ring (bicyclic) bond motifs is 1. The predicted molar refractivity (Wildman–Crippen MR) is 123 cm³/mol. The van der Waals surface area contributed by atoms with Gasteiger partial charge in [0, 0.05) is 31.1 Å². The summed E-state index contributed by atoms with van der Waals surface area (Å²) in [5.74, 6) is 0.355. The number of rotatable bonds is 5. The molecule has 3 aromatic rings. The monoisotopic (exact) mass is 461 g/mol. The Balaban J connectivity index is 1.91. The third-order valence-electron chi connectivity index (χ3n) is 4.68. The van der Waals surface area contributed by atoms with E-state index in [1.54, 1.807) is 19.2 Å². The molecule has 0 unspecified atom stereocenters. The summed E-state index contributed by atoms with van der Waals surface area (Å²) in [5.41, 5.74) is -0.168. The summed E-state index contributed by atoms with van der Waals surface area (Å²) in [6.45, 7) is 6.20. The van der Waals surface area contributed by atoms with Crippen LogP contribution in [0.15, 0.2) is 38.9 Å². The minimum Gasteiger partial charge on any atom is -0.351 e. The number of carbonyl (C=O) groups is 1. The maximum atomic E-state index is 12.8. The Morgan fingerprint density at radius 1 is 1.10 bits per heavy atom. The fourth-order valence-electron chi connectivity index (χ4n) is 2.86. The van der Waals surface area contributed by atoms with E-state index in [-0.39, 0.29) is 22.7 Å². The lowest BCUT2D eigenvalue weighted by Gasteiger charge is -2.19. The molecule has 10 heteroatoms. The van der Waals surface area contributed by atoms with Crippen LogP contribution in [-0.2, 0) is 30.8 Å². The molecule has 1 N–H and O–H groups in total.